The lowest BCUT2D eigenvalue weighted by molar-refractivity contribution is 0.0122. The van der Waals surface area contributed by atoms with Crippen LogP contribution in [0.4, 0.5) is 4.39 Å². The first-order valence-corrected chi connectivity index (χ1v) is 11.5. The second-order valence-corrected chi connectivity index (χ2v) is 10.2. The maximum absolute atomic E-state index is 13.4. The Morgan fingerprint density at radius 1 is 1.25 bits per heavy atom. The molecular formula is C20H32FN3O3S. The lowest BCUT2D eigenvalue weighted by Crippen LogP contribution is -2.49. The molecule has 3 atom stereocenters. The minimum absolute atomic E-state index is 0.0364. The summed E-state index contributed by atoms with van der Waals surface area (Å²) in [5, 5.41) is 3.43. The minimum atomic E-state index is -3.47. The second-order valence-electron chi connectivity index (χ2n) is 8.28. The van der Waals surface area contributed by atoms with Crippen molar-refractivity contribution in [1.29, 1.82) is 0 Å². The number of nitrogens with zero attached hydrogens (tertiary/aromatic N) is 1. The van der Waals surface area contributed by atoms with E-state index in [1.165, 1.54) is 24.5 Å². The van der Waals surface area contributed by atoms with Crippen LogP contribution in [0, 0.1) is 5.82 Å². The quantitative estimate of drug-likeness (QED) is 0.720. The van der Waals surface area contributed by atoms with Gasteiger partial charge < -0.3 is 10.1 Å². The monoisotopic (exact) mass is 413 g/mol. The van der Waals surface area contributed by atoms with Crippen molar-refractivity contribution in [2.45, 2.75) is 69.2 Å². The molecule has 0 spiro atoms. The van der Waals surface area contributed by atoms with E-state index >= 15 is 0 Å². The van der Waals surface area contributed by atoms with Crippen molar-refractivity contribution in [2.75, 3.05) is 20.7 Å². The smallest absolute Gasteiger partial charge is 0.279 e. The molecule has 1 heterocycles. The number of ether oxygens (including phenoxy) is 1. The molecule has 1 aromatic rings. The van der Waals surface area contributed by atoms with Crippen molar-refractivity contribution in [3.8, 4) is 0 Å². The van der Waals surface area contributed by atoms with Crippen LogP contribution in [0.5, 0.6) is 0 Å². The molecule has 8 heteroatoms. The van der Waals surface area contributed by atoms with Gasteiger partial charge in [-0.05, 0) is 62.6 Å². The lowest BCUT2D eigenvalue weighted by Gasteiger charge is -2.30. The molecule has 1 saturated carbocycles. The first-order valence-electron chi connectivity index (χ1n) is 10.1. The molecular weight excluding hydrogens is 381 g/mol. The third-order valence-corrected chi connectivity index (χ3v) is 7.44. The summed E-state index contributed by atoms with van der Waals surface area (Å²) < 4.78 is 47.9. The third kappa shape index (κ3) is 5.51. The van der Waals surface area contributed by atoms with E-state index in [9.17, 15) is 12.8 Å². The molecule has 0 unspecified atom stereocenters. The largest absolute Gasteiger partial charge is 0.377 e. The van der Waals surface area contributed by atoms with E-state index < -0.39 is 10.2 Å². The van der Waals surface area contributed by atoms with Gasteiger partial charge in [-0.15, -0.1) is 0 Å². The van der Waals surface area contributed by atoms with E-state index in [0.29, 0.717) is 12.5 Å². The van der Waals surface area contributed by atoms with Crippen LogP contribution in [0.1, 0.15) is 50.5 Å². The Morgan fingerprint density at radius 2 is 1.96 bits per heavy atom. The van der Waals surface area contributed by atoms with E-state index in [-0.39, 0.29) is 30.0 Å². The Kier molecular flexibility index (Phi) is 7.09. The van der Waals surface area contributed by atoms with Crippen LogP contribution in [-0.2, 0) is 14.9 Å². The summed E-state index contributed by atoms with van der Waals surface area (Å²) in [6.07, 6.45) is 4.77. The van der Waals surface area contributed by atoms with E-state index in [0.717, 1.165) is 37.7 Å². The van der Waals surface area contributed by atoms with Crippen molar-refractivity contribution in [2.24, 2.45) is 0 Å². The summed E-state index contributed by atoms with van der Waals surface area (Å²) in [6, 6.07) is 6.92. The Balaban J connectivity index is 1.49. The Bertz CT molecular complexity index is 751. The molecule has 2 N–H and O–H groups in total. The van der Waals surface area contributed by atoms with Gasteiger partial charge in [0.25, 0.3) is 10.2 Å². The van der Waals surface area contributed by atoms with Crippen LogP contribution in [0.15, 0.2) is 24.3 Å². The van der Waals surface area contributed by atoms with Crippen molar-refractivity contribution < 1.29 is 17.5 Å². The van der Waals surface area contributed by atoms with Crippen molar-refractivity contribution in [1.82, 2.24) is 14.3 Å². The highest BCUT2D eigenvalue weighted by Gasteiger charge is 2.35. The fourth-order valence-electron chi connectivity index (χ4n) is 4.25. The highest BCUT2D eigenvalue weighted by Crippen LogP contribution is 2.34. The van der Waals surface area contributed by atoms with Crippen LogP contribution in [0.25, 0.3) is 0 Å². The number of hydrogen-bond donors (Lipinski definition) is 2. The standard InChI is InChI=1S/C20H32FN3O3S/c1-14-11-19(23-28(25,26)24(2)3)20(22-14)13-27-18-9-7-15(8-10-18)16-5-4-6-17(21)12-16/h4-6,12,14-15,18-20,22-23H,7-11,13H2,1-3H3/t14-,15?,18?,19+,20+/m1/s1. The molecule has 2 aliphatic rings. The van der Waals surface area contributed by atoms with Crippen molar-refractivity contribution in [3.63, 3.8) is 0 Å². The Hall–Kier alpha value is -1.06. The van der Waals surface area contributed by atoms with Gasteiger partial charge in [0, 0.05) is 32.2 Å². The van der Waals surface area contributed by atoms with Gasteiger partial charge in [0.15, 0.2) is 0 Å². The van der Waals surface area contributed by atoms with E-state index in [2.05, 4.69) is 17.0 Å². The maximum Gasteiger partial charge on any atom is 0.279 e. The summed E-state index contributed by atoms with van der Waals surface area (Å²) >= 11 is 0. The van der Waals surface area contributed by atoms with Gasteiger partial charge >= 0.3 is 0 Å². The van der Waals surface area contributed by atoms with Crippen LogP contribution in [0.2, 0.25) is 0 Å². The topological polar surface area (TPSA) is 70.7 Å². The molecule has 0 aromatic heterocycles. The van der Waals surface area contributed by atoms with Crippen LogP contribution < -0.4 is 10.0 Å². The van der Waals surface area contributed by atoms with Gasteiger partial charge in [-0.25, -0.2) is 4.39 Å². The van der Waals surface area contributed by atoms with Gasteiger partial charge in [-0.1, -0.05) is 12.1 Å². The van der Waals surface area contributed by atoms with E-state index in [1.54, 1.807) is 12.1 Å². The van der Waals surface area contributed by atoms with Crippen molar-refractivity contribution >= 4 is 10.2 Å². The highest BCUT2D eigenvalue weighted by atomic mass is 32.2. The summed E-state index contributed by atoms with van der Waals surface area (Å²) in [5.41, 5.74) is 1.07. The molecule has 1 saturated heterocycles. The van der Waals surface area contributed by atoms with E-state index in [4.69, 9.17) is 4.74 Å². The number of rotatable bonds is 7. The minimum Gasteiger partial charge on any atom is -0.377 e. The normalized spacial score (nSPS) is 31.4. The van der Waals surface area contributed by atoms with Gasteiger partial charge in [-0.3, -0.25) is 0 Å². The molecule has 0 radical (unpaired) electrons. The molecule has 1 aromatic carbocycles. The molecule has 158 valence electrons. The molecule has 0 amide bonds. The van der Waals surface area contributed by atoms with Gasteiger partial charge in [0.05, 0.1) is 12.7 Å². The van der Waals surface area contributed by atoms with Gasteiger partial charge in [0.1, 0.15) is 5.82 Å². The predicted molar refractivity (Wildman–Crippen MR) is 108 cm³/mol. The predicted octanol–water partition coefficient (Wildman–Crippen LogP) is 2.38. The van der Waals surface area contributed by atoms with Gasteiger partial charge in [0.2, 0.25) is 0 Å². The highest BCUT2D eigenvalue weighted by molar-refractivity contribution is 7.87. The first kappa shape index (κ1) is 21.6. The first-order chi connectivity index (χ1) is 13.2. The van der Waals surface area contributed by atoms with Crippen LogP contribution in [0.3, 0.4) is 0 Å². The second kappa shape index (κ2) is 9.17. The van der Waals surface area contributed by atoms with Crippen LogP contribution >= 0.6 is 0 Å². The summed E-state index contributed by atoms with van der Waals surface area (Å²) in [7, 11) is -0.416. The van der Waals surface area contributed by atoms with Crippen molar-refractivity contribution in [3.05, 3.63) is 35.6 Å². The van der Waals surface area contributed by atoms with E-state index in [1.807, 2.05) is 6.07 Å². The molecule has 0 bridgehead atoms. The molecule has 6 nitrogen and oxygen atoms in total. The van der Waals surface area contributed by atoms with Crippen LogP contribution in [-0.4, -0.2) is 57.7 Å². The zero-order chi connectivity index (χ0) is 20.3. The number of benzene rings is 1. The zero-order valence-corrected chi connectivity index (χ0v) is 17.7. The molecule has 3 rings (SSSR count). The molecule has 2 fully saturated rings. The lowest BCUT2D eigenvalue weighted by atomic mass is 9.83. The maximum atomic E-state index is 13.4. The zero-order valence-electron chi connectivity index (χ0n) is 16.9. The number of nitrogens with one attached hydrogen (secondary N) is 2. The molecule has 1 aliphatic carbocycles. The average molecular weight is 414 g/mol. The number of hydrogen-bond acceptors (Lipinski definition) is 4. The Morgan fingerprint density at radius 3 is 2.61 bits per heavy atom. The SMILES string of the molecule is C[C@@H]1C[C@H](NS(=O)(=O)N(C)C)[C@H](COC2CCC(c3cccc(F)c3)CC2)N1. The fraction of sp³-hybridized carbons (Fsp3) is 0.700. The summed E-state index contributed by atoms with van der Waals surface area (Å²) in [6.45, 7) is 2.54. The summed E-state index contributed by atoms with van der Waals surface area (Å²) in [4.78, 5) is 0. The number of halogens is 1. The molecule has 1 aliphatic heterocycles. The summed E-state index contributed by atoms with van der Waals surface area (Å²) in [5.74, 6) is 0.211. The molecule has 28 heavy (non-hydrogen) atoms. The fourth-order valence-corrected chi connectivity index (χ4v) is 5.10. The Labute approximate surface area is 168 Å². The third-order valence-electron chi connectivity index (χ3n) is 5.88. The van der Waals surface area contributed by atoms with Gasteiger partial charge in [-0.2, -0.15) is 17.4 Å². The average Bonchev–Trinajstić information content (AvgIpc) is 2.99.